The number of nitrogens with zero attached hydrogens (tertiary/aromatic N) is 1. The molecule has 8 heteroatoms. The molecule has 3 N–H and O–H groups in total. The van der Waals surface area contributed by atoms with Crippen molar-refractivity contribution >= 4 is 38.7 Å². The topological polar surface area (TPSA) is 101 Å². The minimum absolute atomic E-state index is 0.397. The molecule has 0 bridgehead atoms. The van der Waals surface area contributed by atoms with Crippen molar-refractivity contribution in [3.8, 4) is 5.75 Å². The van der Waals surface area contributed by atoms with Crippen molar-refractivity contribution in [2.75, 3.05) is 11.9 Å². The molecule has 1 aromatic carbocycles. The molecule has 0 unspecified atom stereocenters. The Morgan fingerprint density at radius 3 is 2.90 bits per heavy atom. The van der Waals surface area contributed by atoms with Crippen LogP contribution in [0, 0.1) is 0 Å². The first kappa shape index (κ1) is 15.0. The van der Waals surface area contributed by atoms with Crippen LogP contribution in [0.3, 0.4) is 0 Å². The number of fused-ring (bicyclic) bond motifs is 1. The maximum Gasteiger partial charge on any atom is 0.325 e. The monoisotopic (exact) mass is 309 g/mol. The second kappa shape index (κ2) is 6.40. The number of amides is 2. The normalized spacial score (nSPS) is 11.9. The van der Waals surface area contributed by atoms with E-state index in [1.807, 2.05) is 19.1 Å². The highest BCUT2D eigenvalue weighted by Gasteiger charge is 2.15. The Morgan fingerprint density at radius 1 is 1.48 bits per heavy atom. The maximum atomic E-state index is 11.6. The van der Waals surface area contributed by atoms with Crippen molar-refractivity contribution in [1.29, 1.82) is 0 Å². The number of aromatic nitrogens is 1. The van der Waals surface area contributed by atoms with Gasteiger partial charge >= 0.3 is 12.0 Å². The van der Waals surface area contributed by atoms with Gasteiger partial charge in [0.25, 0.3) is 0 Å². The summed E-state index contributed by atoms with van der Waals surface area (Å²) in [4.78, 5) is 26.5. The van der Waals surface area contributed by atoms with Crippen LogP contribution >= 0.6 is 11.3 Å². The van der Waals surface area contributed by atoms with Crippen molar-refractivity contribution < 1.29 is 19.4 Å². The van der Waals surface area contributed by atoms with Crippen LogP contribution in [0.15, 0.2) is 18.2 Å². The summed E-state index contributed by atoms with van der Waals surface area (Å²) >= 11 is 1.29. The number of urea groups is 1. The standard InChI is InChI=1S/C13H15N3O4S/c1-3-20-8-4-5-9-10(6-8)21-13(15-9)16-12(19)14-7(2)11(17)18/h4-7H,3H2,1-2H3,(H,17,18)(H2,14,15,16,19)/t7-/m1/s1. The molecule has 0 spiro atoms. The minimum Gasteiger partial charge on any atom is -0.494 e. The Kier molecular flexibility index (Phi) is 4.59. The van der Waals surface area contributed by atoms with Gasteiger partial charge in [0.1, 0.15) is 11.8 Å². The molecule has 2 amide bonds. The minimum atomic E-state index is -1.10. The molecule has 1 aromatic heterocycles. The van der Waals surface area contributed by atoms with Crippen molar-refractivity contribution in [2.24, 2.45) is 0 Å². The van der Waals surface area contributed by atoms with E-state index in [0.717, 1.165) is 16.0 Å². The van der Waals surface area contributed by atoms with E-state index in [1.54, 1.807) is 6.07 Å². The third-order valence-electron chi connectivity index (χ3n) is 2.61. The van der Waals surface area contributed by atoms with E-state index in [9.17, 15) is 9.59 Å². The number of carboxylic acid groups (broad SMARTS) is 1. The van der Waals surface area contributed by atoms with Crippen LogP contribution in [0.1, 0.15) is 13.8 Å². The van der Waals surface area contributed by atoms with Crippen LogP contribution in [0.25, 0.3) is 10.2 Å². The first-order valence-corrected chi connectivity index (χ1v) is 7.15. The van der Waals surface area contributed by atoms with Gasteiger partial charge in [-0.25, -0.2) is 9.78 Å². The number of carboxylic acids is 1. The van der Waals surface area contributed by atoms with E-state index in [4.69, 9.17) is 9.84 Å². The van der Waals surface area contributed by atoms with E-state index >= 15 is 0 Å². The van der Waals surface area contributed by atoms with Crippen molar-refractivity contribution in [3.05, 3.63) is 18.2 Å². The number of nitrogens with one attached hydrogen (secondary N) is 2. The molecule has 1 heterocycles. The van der Waals surface area contributed by atoms with Gasteiger partial charge in [-0.05, 0) is 32.0 Å². The van der Waals surface area contributed by atoms with E-state index in [2.05, 4.69) is 15.6 Å². The van der Waals surface area contributed by atoms with Gasteiger partial charge in [-0.3, -0.25) is 10.1 Å². The predicted octanol–water partition coefficient (Wildman–Crippen LogP) is 2.29. The molecule has 7 nitrogen and oxygen atoms in total. The molecule has 112 valence electrons. The lowest BCUT2D eigenvalue weighted by Crippen LogP contribution is -2.40. The number of carbonyl (C=O) groups is 2. The van der Waals surface area contributed by atoms with Crippen LogP contribution in [-0.4, -0.2) is 34.7 Å². The molecule has 2 aromatic rings. The van der Waals surface area contributed by atoms with E-state index in [-0.39, 0.29) is 0 Å². The van der Waals surface area contributed by atoms with Gasteiger partial charge in [-0.15, -0.1) is 0 Å². The summed E-state index contributed by atoms with van der Waals surface area (Å²) in [7, 11) is 0. The Morgan fingerprint density at radius 2 is 2.24 bits per heavy atom. The van der Waals surface area contributed by atoms with E-state index in [1.165, 1.54) is 18.3 Å². The Hall–Kier alpha value is -2.35. The molecule has 0 aliphatic rings. The number of thiazole rings is 1. The lowest BCUT2D eigenvalue weighted by atomic mass is 10.3. The van der Waals surface area contributed by atoms with Gasteiger partial charge in [0, 0.05) is 0 Å². The number of benzene rings is 1. The average molecular weight is 309 g/mol. The summed E-state index contributed by atoms with van der Waals surface area (Å²) in [5.74, 6) is -0.361. The molecule has 0 saturated carbocycles. The molecule has 21 heavy (non-hydrogen) atoms. The largest absolute Gasteiger partial charge is 0.494 e. The smallest absolute Gasteiger partial charge is 0.325 e. The second-order valence-corrected chi connectivity index (χ2v) is 5.27. The van der Waals surface area contributed by atoms with Gasteiger partial charge in [0.15, 0.2) is 5.13 Å². The van der Waals surface area contributed by atoms with Crippen molar-refractivity contribution in [1.82, 2.24) is 10.3 Å². The first-order valence-electron chi connectivity index (χ1n) is 6.33. The van der Waals surface area contributed by atoms with Gasteiger partial charge in [-0.2, -0.15) is 0 Å². The number of hydrogen-bond acceptors (Lipinski definition) is 5. The van der Waals surface area contributed by atoms with Crippen LogP contribution in [0.4, 0.5) is 9.93 Å². The molecule has 2 rings (SSSR count). The zero-order chi connectivity index (χ0) is 15.4. The predicted molar refractivity (Wildman–Crippen MR) is 80.0 cm³/mol. The van der Waals surface area contributed by atoms with Gasteiger partial charge in [-0.1, -0.05) is 11.3 Å². The molecule has 0 radical (unpaired) electrons. The summed E-state index contributed by atoms with van der Waals surface area (Å²) in [5, 5.41) is 13.9. The van der Waals surface area contributed by atoms with E-state index < -0.39 is 18.0 Å². The van der Waals surface area contributed by atoms with Crippen molar-refractivity contribution in [3.63, 3.8) is 0 Å². The summed E-state index contributed by atoms with van der Waals surface area (Å²) in [6.07, 6.45) is 0. The lowest BCUT2D eigenvalue weighted by Gasteiger charge is -2.08. The third kappa shape index (κ3) is 3.82. The van der Waals surface area contributed by atoms with Crippen molar-refractivity contribution in [2.45, 2.75) is 19.9 Å². The van der Waals surface area contributed by atoms with Crippen LogP contribution in [-0.2, 0) is 4.79 Å². The Labute approximate surface area is 124 Å². The molecular formula is C13H15N3O4S. The van der Waals surface area contributed by atoms with Gasteiger partial charge < -0.3 is 15.2 Å². The second-order valence-electron chi connectivity index (χ2n) is 4.24. The Bertz CT molecular complexity index is 670. The zero-order valence-corrected chi connectivity index (χ0v) is 12.4. The quantitative estimate of drug-likeness (QED) is 0.786. The highest BCUT2D eigenvalue weighted by Crippen LogP contribution is 2.29. The molecular weight excluding hydrogens is 294 g/mol. The number of rotatable bonds is 5. The van der Waals surface area contributed by atoms with Gasteiger partial charge in [0.2, 0.25) is 0 Å². The average Bonchev–Trinajstić information content (AvgIpc) is 2.80. The van der Waals surface area contributed by atoms with Crippen LogP contribution in [0.2, 0.25) is 0 Å². The molecule has 0 fully saturated rings. The summed E-state index contributed by atoms with van der Waals surface area (Å²) in [6.45, 7) is 3.86. The fourth-order valence-electron chi connectivity index (χ4n) is 1.61. The van der Waals surface area contributed by atoms with Crippen LogP contribution < -0.4 is 15.4 Å². The van der Waals surface area contributed by atoms with Gasteiger partial charge in [0.05, 0.1) is 16.8 Å². The molecule has 1 atom stereocenters. The number of anilines is 1. The van der Waals surface area contributed by atoms with E-state index in [0.29, 0.717) is 11.7 Å². The number of ether oxygens (including phenoxy) is 1. The highest BCUT2D eigenvalue weighted by molar-refractivity contribution is 7.22. The maximum absolute atomic E-state index is 11.6. The summed E-state index contributed by atoms with van der Waals surface area (Å²) in [6, 6.07) is 3.89. The highest BCUT2D eigenvalue weighted by atomic mass is 32.1. The molecule has 0 saturated heterocycles. The number of aliphatic carboxylic acids is 1. The number of carbonyl (C=O) groups excluding carboxylic acids is 1. The third-order valence-corrected chi connectivity index (χ3v) is 3.54. The molecule has 0 aliphatic heterocycles. The first-order chi connectivity index (χ1) is 9.99. The summed E-state index contributed by atoms with van der Waals surface area (Å²) < 4.78 is 6.27. The Balaban J connectivity index is 2.08. The lowest BCUT2D eigenvalue weighted by molar-refractivity contribution is -0.138. The fourth-order valence-corrected chi connectivity index (χ4v) is 2.50. The zero-order valence-electron chi connectivity index (χ0n) is 11.5. The SMILES string of the molecule is CCOc1ccc2nc(NC(=O)N[C@H](C)C(=O)O)sc2c1. The van der Waals surface area contributed by atoms with Crippen LogP contribution in [0.5, 0.6) is 5.75 Å². The summed E-state index contributed by atoms with van der Waals surface area (Å²) in [5.41, 5.74) is 0.741. The molecule has 0 aliphatic carbocycles. The fraction of sp³-hybridized carbons (Fsp3) is 0.308. The number of hydrogen-bond donors (Lipinski definition) is 3.